The quantitative estimate of drug-likeness (QED) is 0.441. The van der Waals surface area contributed by atoms with Gasteiger partial charge in [0.1, 0.15) is 11.6 Å². The van der Waals surface area contributed by atoms with Gasteiger partial charge >= 0.3 is 6.18 Å². The maximum absolute atomic E-state index is 14.1. The van der Waals surface area contributed by atoms with E-state index in [1.807, 2.05) is 0 Å². The summed E-state index contributed by atoms with van der Waals surface area (Å²) < 4.78 is 99.9. The van der Waals surface area contributed by atoms with E-state index in [0.29, 0.717) is 11.6 Å². The van der Waals surface area contributed by atoms with Crippen LogP contribution in [0.2, 0.25) is 0 Å². The molecule has 182 valence electrons. The maximum Gasteiger partial charge on any atom is 0.422 e. The van der Waals surface area contributed by atoms with Crippen molar-refractivity contribution in [1.29, 1.82) is 0 Å². The van der Waals surface area contributed by atoms with Crippen LogP contribution in [0.15, 0.2) is 53.5 Å². The largest absolute Gasteiger partial charge is 0.478 e. The Morgan fingerprint density at radius 3 is 2.26 bits per heavy atom. The summed E-state index contributed by atoms with van der Waals surface area (Å²) >= 11 is 0. The minimum Gasteiger partial charge on any atom is -0.478 e. The van der Waals surface area contributed by atoms with Crippen LogP contribution >= 0.6 is 0 Å². The lowest BCUT2D eigenvalue weighted by Crippen LogP contribution is -2.25. The molecule has 0 saturated carbocycles. The van der Waals surface area contributed by atoms with Gasteiger partial charge in [-0.25, -0.2) is 17.2 Å². The van der Waals surface area contributed by atoms with E-state index in [9.17, 15) is 35.2 Å². The first-order chi connectivity index (χ1) is 15.7. The molecule has 0 fully saturated rings. The van der Waals surface area contributed by atoms with Crippen LogP contribution in [-0.4, -0.2) is 32.0 Å². The van der Waals surface area contributed by atoms with E-state index in [4.69, 9.17) is 4.74 Å². The van der Waals surface area contributed by atoms with Crippen LogP contribution < -0.4 is 15.0 Å². The molecule has 34 heavy (non-hydrogen) atoms. The average molecular weight is 503 g/mol. The van der Waals surface area contributed by atoms with Crippen molar-refractivity contribution in [3.05, 3.63) is 76.2 Å². The molecule has 0 atom stereocenters. The van der Waals surface area contributed by atoms with Crippen molar-refractivity contribution < 1.29 is 39.8 Å². The van der Waals surface area contributed by atoms with Gasteiger partial charge in [0.25, 0.3) is 5.56 Å². The van der Waals surface area contributed by atoms with E-state index >= 15 is 0 Å². The monoisotopic (exact) mass is 503 g/mol. The molecule has 0 amide bonds. The molecular formula is C22H18F5NO5S. The van der Waals surface area contributed by atoms with Crippen LogP contribution in [0.3, 0.4) is 0 Å². The first kappa shape index (κ1) is 25.2. The second-order valence-corrected chi connectivity index (χ2v) is 9.63. The molecule has 3 aromatic rings. The molecule has 0 aliphatic rings. The molecule has 0 aliphatic heterocycles. The van der Waals surface area contributed by atoms with E-state index in [1.54, 1.807) is 0 Å². The minimum atomic E-state index is -4.69. The van der Waals surface area contributed by atoms with E-state index in [1.165, 1.54) is 31.4 Å². The molecule has 3 rings (SSSR count). The highest BCUT2D eigenvalue weighted by Gasteiger charge is 2.29. The molecule has 0 bridgehead atoms. The highest BCUT2D eigenvalue weighted by molar-refractivity contribution is 7.89. The Bertz CT molecular complexity index is 1380. The van der Waals surface area contributed by atoms with Crippen LogP contribution in [0.1, 0.15) is 5.56 Å². The number of ether oxygens (including phenoxy) is 2. The van der Waals surface area contributed by atoms with Gasteiger partial charge < -0.3 is 14.0 Å². The Labute approximate surface area is 191 Å². The van der Waals surface area contributed by atoms with Crippen molar-refractivity contribution in [1.82, 2.24) is 4.57 Å². The number of pyridine rings is 1. The van der Waals surface area contributed by atoms with Gasteiger partial charge in [-0.05, 0) is 35.9 Å². The number of hydrogen-bond acceptors (Lipinski definition) is 5. The average Bonchev–Trinajstić information content (AvgIpc) is 2.70. The fourth-order valence-corrected chi connectivity index (χ4v) is 3.84. The Morgan fingerprint density at radius 2 is 1.65 bits per heavy atom. The van der Waals surface area contributed by atoms with E-state index in [2.05, 4.69) is 4.74 Å². The molecule has 2 aromatic carbocycles. The van der Waals surface area contributed by atoms with Crippen molar-refractivity contribution in [2.24, 2.45) is 7.05 Å². The molecular weight excluding hydrogens is 485 g/mol. The third kappa shape index (κ3) is 6.56. The minimum absolute atomic E-state index is 0.0248. The molecule has 0 aliphatic carbocycles. The van der Waals surface area contributed by atoms with Crippen molar-refractivity contribution in [2.75, 3.05) is 12.9 Å². The van der Waals surface area contributed by atoms with Crippen LogP contribution in [0.5, 0.6) is 17.2 Å². The zero-order chi connectivity index (χ0) is 25.3. The Hall–Kier alpha value is -3.41. The number of alkyl halides is 3. The van der Waals surface area contributed by atoms with Gasteiger partial charge in [0.2, 0.25) is 0 Å². The van der Waals surface area contributed by atoms with Crippen LogP contribution in [0.25, 0.3) is 11.1 Å². The Balaban J connectivity index is 2.14. The fourth-order valence-electron chi connectivity index (χ4n) is 3.05. The van der Waals surface area contributed by atoms with E-state index in [-0.39, 0.29) is 28.4 Å². The zero-order valence-electron chi connectivity index (χ0n) is 17.8. The van der Waals surface area contributed by atoms with Crippen LogP contribution in [0.4, 0.5) is 22.0 Å². The topological polar surface area (TPSA) is 74.6 Å². The number of aromatic nitrogens is 1. The standard InChI is InChI=1S/C22H18F5NO5S/c1-28-10-14(8-20(21(28)29)32-12-22(25,26)27)16-7-13(11-34(2,30)31)3-5-18(16)33-19-6-4-15(23)9-17(19)24/h3-10H,11-12H2,1-2H3. The third-order valence-corrected chi connectivity index (χ3v) is 5.30. The van der Waals surface area contributed by atoms with E-state index < -0.39 is 45.6 Å². The van der Waals surface area contributed by atoms with Gasteiger partial charge in [-0.2, -0.15) is 13.2 Å². The lowest BCUT2D eigenvalue weighted by atomic mass is 10.0. The smallest absolute Gasteiger partial charge is 0.422 e. The number of hydrogen-bond donors (Lipinski definition) is 0. The van der Waals surface area contributed by atoms with Gasteiger partial charge in [0.15, 0.2) is 33.8 Å². The van der Waals surface area contributed by atoms with Crippen LogP contribution in [-0.2, 0) is 22.6 Å². The summed E-state index contributed by atoms with van der Waals surface area (Å²) in [6, 6.07) is 7.77. The second kappa shape index (κ2) is 9.45. The lowest BCUT2D eigenvalue weighted by Gasteiger charge is -2.16. The van der Waals surface area contributed by atoms with Crippen molar-refractivity contribution >= 4 is 9.84 Å². The fraction of sp³-hybridized carbons (Fsp3) is 0.227. The molecule has 0 N–H and O–H groups in total. The second-order valence-electron chi connectivity index (χ2n) is 7.49. The molecule has 0 saturated heterocycles. The van der Waals surface area contributed by atoms with Gasteiger partial charge in [-0.1, -0.05) is 6.07 Å². The summed E-state index contributed by atoms with van der Waals surface area (Å²) in [4.78, 5) is 12.3. The van der Waals surface area contributed by atoms with Crippen molar-refractivity contribution in [3.63, 3.8) is 0 Å². The van der Waals surface area contributed by atoms with Gasteiger partial charge in [0.05, 0.1) is 5.75 Å². The summed E-state index contributed by atoms with van der Waals surface area (Å²) in [5, 5.41) is 0. The van der Waals surface area contributed by atoms with Crippen molar-refractivity contribution in [3.8, 4) is 28.4 Å². The third-order valence-electron chi connectivity index (χ3n) is 4.44. The Kier molecular flexibility index (Phi) is 7.01. The SMILES string of the molecule is Cn1cc(-c2cc(CS(C)(=O)=O)ccc2Oc2ccc(F)cc2F)cc(OCC(F)(F)F)c1=O. The first-order valence-corrected chi connectivity index (χ1v) is 11.6. The van der Waals surface area contributed by atoms with Gasteiger partial charge in [-0.15, -0.1) is 0 Å². The number of rotatable bonds is 7. The maximum atomic E-state index is 14.1. The number of nitrogens with zero attached hydrogens (tertiary/aromatic N) is 1. The van der Waals surface area contributed by atoms with Crippen LogP contribution in [0, 0.1) is 11.6 Å². The highest BCUT2D eigenvalue weighted by atomic mass is 32.2. The summed E-state index contributed by atoms with van der Waals surface area (Å²) in [5.74, 6) is -3.20. The normalized spacial score (nSPS) is 12.0. The Morgan fingerprint density at radius 1 is 0.971 bits per heavy atom. The summed E-state index contributed by atoms with van der Waals surface area (Å²) in [7, 11) is -2.17. The summed E-state index contributed by atoms with van der Waals surface area (Å²) in [6.45, 7) is -1.70. The molecule has 0 spiro atoms. The predicted octanol–water partition coefficient (Wildman–Crippen LogP) is 4.61. The lowest BCUT2D eigenvalue weighted by molar-refractivity contribution is -0.153. The van der Waals surface area contributed by atoms with E-state index in [0.717, 1.165) is 29.0 Å². The predicted molar refractivity (Wildman–Crippen MR) is 114 cm³/mol. The molecule has 12 heteroatoms. The first-order valence-electron chi connectivity index (χ1n) is 9.56. The molecule has 1 heterocycles. The molecule has 0 radical (unpaired) electrons. The highest BCUT2D eigenvalue weighted by Crippen LogP contribution is 2.36. The number of aryl methyl sites for hydroxylation is 1. The molecule has 1 aromatic heterocycles. The van der Waals surface area contributed by atoms with Crippen molar-refractivity contribution in [2.45, 2.75) is 11.9 Å². The van der Waals surface area contributed by atoms with Gasteiger partial charge in [0, 0.05) is 36.7 Å². The zero-order valence-corrected chi connectivity index (χ0v) is 18.6. The summed E-state index contributed by atoms with van der Waals surface area (Å²) in [6.07, 6.45) is -2.40. The number of benzene rings is 2. The van der Waals surface area contributed by atoms with Gasteiger partial charge in [-0.3, -0.25) is 4.79 Å². The summed E-state index contributed by atoms with van der Waals surface area (Å²) in [5.41, 5.74) is -0.271. The number of sulfone groups is 1. The molecule has 0 unspecified atom stereocenters. The number of halogens is 5. The molecule has 6 nitrogen and oxygen atoms in total.